The van der Waals surface area contributed by atoms with Crippen molar-refractivity contribution in [3.63, 3.8) is 0 Å². The van der Waals surface area contributed by atoms with Crippen molar-refractivity contribution in [2.75, 3.05) is 18.0 Å². The zero-order valence-electron chi connectivity index (χ0n) is 11.5. The number of hydrogen-bond donors (Lipinski definition) is 0. The van der Waals surface area contributed by atoms with E-state index in [1.54, 1.807) is 6.07 Å². The van der Waals surface area contributed by atoms with Gasteiger partial charge in [0.1, 0.15) is 0 Å². The van der Waals surface area contributed by atoms with Gasteiger partial charge in [0, 0.05) is 18.8 Å². The second-order valence-corrected chi connectivity index (χ2v) is 5.58. The van der Waals surface area contributed by atoms with Crippen molar-refractivity contribution in [3.8, 4) is 6.07 Å². The zero-order chi connectivity index (χ0) is 14.9. The van der Waals surface area contributed by atoms with Crippen LogP contribution in [0.5, 0.6) is 0 Å². The Bertz CT molecular complexity index is 529. The Kier molecular flexibility index (Phi) is 3.94. The summed E-state index contributed by atoms with van der Waals surface area (Å²) in [6, 6.07) is 5.48. The highest BCUT2D eigenvalue weighted by Crippen LogP contribution is 2.35. The fourth-order valence-electron chi connectivity index (χ4n) is 2.63. The largest absolute Gasteiger partial charge is 0.417 e. The summed E-state index contributed by atoms with van der Waals surface area (Å²) >= 11 is 0. The van der Waals surface area contributed by atoms with Crippen LogP contribution in [0.3, 0.4) is 0 Å². The Hall–Kier alpha value is -1.70. The van der Waals surface area contributed by atoms with Crippen LogP contribution in [0.15, 0.2) is 18.2 Å². The van der Waals surface area contributed by atoms with Gasteiger partial charge in [-0.1, -0.05) is 13.8 Å². The van der Waals surface area contributed by atoms with Crippen LogP contribution in [0.25, 0.3) is 0 Å². The maximum absolute atomic E-state index is 12.7. The molecule has 0 bridgehead atoms. The molecule has 0 radical (unpaired) electrons. The topological polar surface area (TPSA) is 27.0 Å². The second-order valence-electron chi connectivity index (χ2n) is 5.58. The van der Waals surface area contributed by atoms with E-state index in [1.165, 1.54) is 12.1 Å². The Morgan fingerprint density at radius 2 is 2.05 bits per heavy atom. The molecule has 108 valence electrons. The van der Waals surface area contributed by atoms with E-state index in [9.17, 15) is 13.2 Å². The normalized spacial score (nSPS) is 19.4. The first-order valence-corrected chi connectivity index (χ1v) is 6.69. The third-order valence-electron chi connectivity index (χ3n) is 3.96. The van der Waals surface area contributed by atoms with E-state index in [1.807, 2.05) is 0 Å². The van der Waals surface area contributed by atoms with E-state index in [0.29, 0.717) is 17.5 Å². The average Bonchev–Trinajstić information content (AvgIpc) is 2.86. The highest BCUT2D eigenvalue weighted by atomic mass is 19.4. The number of hydrogen-bond acceptors (Lipinski definition) is 2. The van der Waals surface area contributed by atoms with E-state index >= 15 is 0 Å². The van der Waals surface area contributed by atoms with Crippen LogP contribution in [-0.4, -0.2) is 13.1 Å². The first-order valence-electron chi connectivity index (χ1n) is 6.69. The minimum atomic E-state index is -4.48. The van der Waals surface area contributed by atoms with Gasteiger partial charge in [0.25, 0.3) is 0 Å². The van der Waals surface area contributed by atoms with Crippen molar-refractivity contribution in [2.45, 2.75) is 26.4 Å². The highest BCUT2D eigenvalue weighted by molar-refractivity contribution is 5.55. The van der Waals surface area contributed by atoms with Crippen molar-refractivity contribution < 1.29 is 13.2 Å². The van der Waals surface area contributed by atoms with Crippen LogP contribution in [0.4, 0.5) is 18.9 Å². The van der Waals surface area contributed by atoms with Crippen molar-refractivity contribution in [2.24, 2.45) is 11.8 Å². The number of nitriles is 1. The van der Waals surface area contributed by atoms with Crippen LogP contribution in [0, 0.1) is 23.2 Å². The fraction of sp³-hybridized carbons (Fsp3) is 0.533. The van der Waals surface area contributed by atoms with Gasteiger partial charge in [-0.25, -0.2) is 0 Å². The Labute approximate surface area is 116 Å². The standard InChI is InChI=1S/C15H17F3N2/c1-10(2)11-5-6-20(9-11)13-3-4-14(15(16,17)18)12(7-13)8-19/h3-4,7,10-11H,5-6,9H2,1-2H3. The molecule has 1 fully saturated rings. The van der Waals surface area contributed by atoms with Crippen molar-refractivity contribution >= 4 is 5.69 Å². The minimum Gasteiger partial charge on any atom is -0.371 e. The first kappa shape index (κ1) is 14.7. The number of halogens is 3. The molecule has 1 aromatic rings. The molecule has 2 rings (SSSR count). The van der Waals surface area contributed by atoms with Gasteiger partial charge in [0.2, 0.25) is 0 Å². The molecule has 20 heavy (non-hydrogen) atoms. The molecule has 5 heteroatoms. The van der Waals surface area contributed by atoms with E-state index < -0.39 is 11.7 Å². The summed E-state index contributed by atoms with van der Waals surface area (Å²) in [7, 11) is 0. The molecular weight excluding hydrogens is 265 g/mol. The van der Waals surface area contributed by atoms with E-state index in [2.05, 4.69) is 18.7 Å². The van der Waals surface area contributed by atoms with Gasteiger partial charge in [-0.3, -0.25) is 0 Å². The van der Waals surface area contributed by atoms with E-state index in [-0.39, 0.29) is 5.56 Å². The van der Waals surface area contributed by atoms with Gasteiger partial charge < -0.3 is 4.90 Å². The Morgan fingerprint density at radius 3 is 2.55 bits per heavy atom. The summed E-state index contributed by atoms with van der Waals surface area (Å²) < 4.78 is 38.2. The Balaban J connectivity index is 2.26. The molecule has 0 N–H and O–H groups in total. The number of anilines is 1. The fourth-order valence-corrected chi connectivity index (χ4v) is 2.63. The maximum atomic E-state index is 12.7. The third-order valence-corrected chi connectivity index (χ3v) is 3.96. The lowest BCUT2D eigenvalue weighted by Gasteiger charge is -2.21. The number of rotatable bonds is 2. The molecule has 0 spiro atoms. The van der Waals surface area contributed by atoms with Gasteiger partial charge in [-0.15, -0.1) is 0 Å². The number of alkyl halides is 3. The SMILES string of the molecule is CC(C)C1CCN(c2ccc(C(F)(F)F)c(C#N)c2)C1. The zero-order valence-corrected chi connectivity index (χ0v) is 11.5. The van der Waals surface area contributed by atoms with Crippen LogP contribution >= 0.6 is 0 Å². The summed E-state index contributed by atoms with van der Waals surface area (Å²) in [6.45, 7) is 5.98. The van der Waals surface area contributed by atoms with Crippen molar-refractivity contribution in [3.05, 3.63) is 29.3 Å². The number of benzene rings is 1. The summed E-state index contributed by atoms with van der Waals surface area (Å²) in [6.07, 6.45) is -3.43. The lowest BCUT2D eigenvalue weighted by molar-refractivity contribution is -0.137. The van der Waals surface area contributed by atoms with Crippen molar-refractivity contribution in [1.29, 1.82) is 5.26 Å². The smallest absolute Gasteiger partial charge is 0.371 e. The molecule has 0 aromatic heterocycles. The van der Waals surface area contributed by atoms with Crippen LogP contribution < -0.4 is 4.90 Å². The molecule has 1 atom stereocenters. The Morgan fingerprint density at radius 1 is 1.35 bits per heavy atom. The lowest BCUT2D eigenvalue weighted by Crippen LogP contribution is -2.21. The third kappa shape index (κ3) is 2.90. The quantitative estimate of drug-likeness (QED) is 0.818. The van der Waals surface area contributed by atoms with Gasteiger partial charge in [0.15, 0.2) is 0 Å². The molecule has 0 aliphatic carbocycles. The molecule has 2 nitrogen and oxygen atoms in total. The van der Waals surface area contributed by atoms with Crippen LogP contribution in [0.1, 0.15) is 31.4 Å². The lowest BCUT2D eigenvalue weighted by atomic mass is 9.95. The molecule has 1 heterocycles. The summed E-state index contributed by atoms with van der Waals surface area (Å²) in [5.74, 6) is 1.12. The van der Waals surface area contributed by atoms with Crippen molar-refractivity contribution in [1.82, 2.24) is 0 Å². The molecule has 1 aliphatic heterocycles. The molecule has 1 unspecified atom stereocenters. The van der Waals surface area contributed by atoms with E-state index in [0.717, 1.165) is 25.6 Å². The maximum Gasteiger partial charge on any atom is 0.417 e. The monoisotopic (exact) mass is 282 g/mol. The molecule has 1 aliphatic rings. The van der Waals surface area contributed by atoms with Crippen LogP contribution in [0.2, 0.25) is 0 Å². The minimum absolute atomic E-state index is 0.303. The summed E-state index contributed by atoms with van der Waals surface area (Å²) in [4.78, 5) is 2.06. The molecule has 0 saturated carbocycles. The van der Waals surface area contributed by atoms with Gasteiger partial charge in [-0.05, 0) is 36.5 Å². The molecule has 1 aromatic carbocycles. The summed E-state index contributed by atoms with van der Waals surface area (Å²) in [5, 5.41) is 8.92. The van der Waals surface area contributed by atoms with Gasteiger partial charge in [-0.2, -0.15) is 18.4 Å². The highest BCUT2D eigenvalue weighted by Gasteiger charge is 2.34. The predicted molar refractivity (Wildman–Crippen MR) is 71.3 cm³/mol. The van der Waals surface area contributed by atoms with E-state index in [4.69, 9.17) is 5.26 Å². The molecule has 1 saturated heterocycles. The average molecular weight is 282 g/mol. The van der Waals surface area contributed by atoms with Gasteiger partial charge >= 0.3 is 6.18 Å². The molecular formula is C15H17F3N2. The molecule has 0 amide bonds. The predicted octanol–water partition coefficient (Wildman–Crippen LogP) is 4.06. The van der Waals surface area contributed by atoms with Gasteiger partial charge in [0.05, 0.1) is 17.2 Å². The second kappa shape index (κ2) is 5.35. The summed E-state index contributed by atoms with van der Waals surface area (Å²) in [5.41, 5.74) is -0.455. The first-order chi connectivity index (χ1) is 9.32. The number of nitrogens with zero attached hydrogens (tertiary/aromatic N) is 2. The van der Waals surface area contributed by atoms with Crippen LogP contribution in [-0.2, 0) is 6.18 Å².